The van der Waals surface area contributed by atoms with E-state index in [9.17, 15) is 4.79 Å². The lowest BCUT2D eigenvalue weighted by atomic mass is 9.98. The Morgan fingerprint density at radius 3 is 2.61 bits per heavy atom. The highest BCUT2D eigenvalue weighted by Crippen LogP contribution is 2.36. The van der Waals surface area contributed by atoms with Crippen molar-refractivity contribution in [3.63, 3.8) is 0 Å². The second kappa shape index (κ2) is 8.90. The molecule has 6 heteroatoms. The van der Waals surface area contributed by atoms with Gasteiger partial charge in [-0.05, 0) is 84.0 Å². The number of ether oxygens (including phenoxy) is 1. The van der Waals surface area contributed by atoms with E-state index in [1.165, 1.54) is 21.9 Å². The smallest absolute Gasteiger partial charge is 0.289 e. The van der Waals surface area contributed by atoms with Gasteiger partial charge in [0.1, 0.15) is 11.4 Å². The van der Waals surface area contributed by atoms with Crippen molar-refractivity contribution in [3.8, 4) is 17.0 Å². The van der Waals surface area contributed by atoms with Crippen LogP contribution in [0, 0.1) is 0 Å². The fourth-order valence-electron chi connectivity index (χ4n) is 4.48. The maximum atomic E-state index is 12.8. The molecule has 1 heterocycles. The first-order valence-corrected chi connectivity index (χ1v) is 11.4. The number of H-pyrrole nitrogens is 1. The standard InChI is InChI=1S/C27H26N4O2/c1-3-23(17-10-13-20(14-11-17)33-4-2)28-31-27(32)25-16-24(29-30-25)21-15-12-19-9-8-18-6-5-7-22(21)26(18)19/h5-7,10-16H,3-4,8-9H2,1-2H3,(H,29,30)(H,31,32)/b28-23+. The second-order valence-corrected chi connectivity index (χ2v) is 8.09. The fourth-order valence-corrected chi connectivity index (χ4v) is 4.48. The summed E-state index contributed by atoms with van der Waals surface area (Å²) >= 11 is 0. The van der Waals surface area contributed by atoms with Gasteiger partial charge in [0.2, 0.25) is 0 Å². The molecule has 0 radical (unpaired) electrons. The predicted octanol–water partition coefficient (Wildman–Crippen LogP) is 5.27. The van der Waals surface area contributed by atoms with E-state index in [0.29, 0.717) is 18.7 Å². The first-order valence-electron chi connectivity index (χ1n) is 11.4. The zero-order valence-corrected chi connectivity index (χ0v) is 18.8. The number of hydrogen-bond donors (Lipinski definition) is 2. The van der Waals surface area contributed by atoms with Gasteiger partial charge < -0.3 is 4.74 Å². The summed E-state index contributed by atoms with van der Waals surface area (Å²) in [5.41, 5.74) is 9.32. The Labute approximate surface area is 192 Å². The monoisotopic (exact) mass is 438 g/mol. The van der Waals surface area contributed by atoms with E-state index < -0.39 is 0 Å². The number of aromatic amines is 1. The van der Waals surface area contributed by atoms with E-state index in [0.717, 1.165) is 41.1 Å². The molecule has 0 spiro atoms. The SMILES string of the molecule is CCOc1ccc(/C(CC)=N/NC(=O)c2cc(-c3ccc4c5c(cccc35)CC4)n[nH]2)cc1. The van der Waals surface area contributed by atoms with Gasteiger partial charge >= 0.3 is 0 Å². The molecule has 0 fully saturated rings. The molecule has 0 atom stereocenters. The summed E-state index contributed by atoms with van der Waals surface area (Å²) in [7, 11) is 0. The second-order valence-electron chi connectivity index (χ2n) is 8.09. The molecule has 4 aromatic rings. The third-order valence-corrected chi connectivity index (χ3v) is 6.10. The molecule has 166 valence electrons. The zero-order chi connectivity index (χ0) is 22.8. The minimum absolute atomic E-state index is 0.323. The first-order chi connectivity index (χ1) is 16.2. The predicted molar refractivity (Wildman–Crippen MR) is 131 cm³/mol. The zero-order valence-electron chi connectivity index (χ0n) is 18.8. The molecule has 1 aromatic heterocycles. The lowest BCUT2D eigenvalue weighted by molar-refractivity contribution is 0.0950. The first kappa shape index (κ1) is 20.9. The number of aryl methyl sites for hydroxylation is 2. The molecule has 0 aliphatic heterocycles. The molecule has 3 aromatic carbocycles. The van der Waals surface area contributed by atoms with E-state index >= 15 is 0 Å². The van der Waals surface area contributed by atoms with E-state index in [4.69, 9.17) is 4.74 Å². The molecule has 0 saturated carbocycles. The van der Waals surface area contributed by atoms with Crippen LogP contribution in [0.4, 0.5) is 0 Å². The van der Waals surface area contributed by atoms with Crippen molar-refractivity contribution in [1.82, 2.24) is 15.6 Å². The number of rotatable bonds is 7. The van der Waals surface area contributed by atoms with Crippen LogP contribution >= 0.6 is 0 Å². The van der Waals surface area contributed by atoms with Gasteiger partial charge in [-0.15, -0.1) is 0 Å². The van der Waals surface area contributed by atoms with Crippen LogP contribution in [0.25, 0.3) is 22.0 Å². The van der Waals surface area contributed by atoms with Gasteiger partial charge in [0.15, 0.2) is 0 Å². The number of aromatic nitrogens is 2. The summed E-state index contributed by atoms with van der Waals surface area (Å²) in [5, 5.41) is 14.2. The Bertz CT molecular complexity index is 1340. The molecule has 2 N–H and O–H groups in total. The highest BCUT2D eigenvalue weighted by Gasteiger charge is 2.18. The third kappa shape index (κ3) is 4.00. The Hall–Kier alpha value is -3.93. The largest absolute Gasteiger partial charge is 0.494 e. The van der Waals surface area contributed by atoms with Crippen molar-refractivity contribution in [2.24, 2.45) is 5.10 Å². The number of benzene rings is 3. The third-order valence-electron chi connectivity index (χ3n) is 6.10. The number of amides is 1. The van der Waals surface area contributed by atoms with Crippen molar-refractivity contribution >= 4 is 22.4 Å². The molecule has 1 amide bonds. The fraction of sp³-hybridized carbons (Fsp3) is 0.222. The number of hydrogen-bond acceptors (Lipinski definition) is 4. The van der Waals surface area contributed by atoms with Crippen LogP contribution in [0.5, 0.6) is 5.75 Å². The number of carbonyl (C=O) groups excluding carboxylic acids is 1. The molecule has 1 aliphatic carbocycles. The quantitative estimate of drug-likeness (QED) is 0.305. The van der Waals surface area contributed by atoms with Crippen molar-refractivity contribution in [3.05, 3.63) is 83.0 Å². The van der Waals surface area contributed by atoms with Crippen molar-refractivity contribution in [2.75, 3.05) is 6.61 Å². The highest BCUT2D eigenvalue weighted by atomic mass is 16.5. The Balaban J connectivity index is 1.36. The van der Waals surface area contributed by atoms with Crippen molar-refractivity contribution < 1.29 is 9.53 Å². The summed E-state index contributed by atoms with van der Waals surface area (Å²) in [6.45, 7) is 4.58. The molecular weight excluding hydrogens is 412 g/mol. The number of nitrogens with zero attached hydrogens (tertiary/aromatic N) is 2. The van der Waals surface area contributed by atoms with Crippen LogP contribution in [0.3, 0.4) is 0 Å². The number of hydrazone groups is 1. The maximum Gasteiger partial charge on any atom is 0.289 e. The van der Waals surface area contributed by atoms with E-state index in [1.54, 1.807) is 6.07 Å². The molecule has 0 bridgehead atoms. The Morgan fingerprint density at radius 2 is 1.85 bits per heavy atom. The minimum Gasteiger partial charge on any atom is -0.494 e. The van der Waals surface area contributed by atoms with Crippen molar-refractivity contribution in [1.29, 1.82) is 0 Å². The van der Waals surface area contributed by atoms with E-state index in [2.05, 4.69) is 51.1 Å². The molecule has 0 unspecified atom stereocenters. The number of carbonyl (C=O) groups is 1. The van der Waals surface area contributed by atoms with Gasteiger partial charge in [-0.25, -0.2) is 5.43 Å². The summed E-state index contributed by atoms with van der Waals surface area (Å²) < 4.78 is 5.49. The van der Waals surface area contributed by atoms with Crippen LogP contribution < -0.4 is 10.2 Å². The number of nitrogens with one attached hydrogen (secondary N) is 2. The maximum absolute atomic E-state index is 12.8. The molecule has 0 saturated heterocycles. The van der Waals surface area contributed by atoms with Crippen LogP contribution in [0.1, 0.15) is 47.4 Å². The van der Waals surface area contributed by atoms with E-state index in [-0.39, 0.29) is 5.91 Å². The van der Waals surface area contributed by atoms with Gasteiger partial charge in [-0.3, -0.25) is 9.89 Å². The van der Waals surface area contributed by atoms with Crippen LogP contribution in [-0.4, -0.2) is 28.4 Å². The molecule has 1 aliphatic rings. The molecule has 33 heavy (non-hydrogen) atoms. The van der Waals surface area contributed by atoms with Gasteiger partial charge in [-0.1, -0.05) is 37.3 Å². The Morgan fingerprint density at radius 1 is 1.06 bits per heavy atom. The van der Waals surface area contributed by atoms with Crippen LogP contribution in [0.2, 0.25) is 0 Å². The molecule has 5 rings (SSSR count). The average molecular weight is 439 g/mol. The van der Waals surface area contributed by atoms with Gasteiger partial charge in [0.25, 0.3) is 5.91 Å². The topological polar surface area (TPSA) is 79.4 Å². The van der Waals surface area contributed by atoms with Gasteiger partial charge in [-0.2, -0.15) is 10.2 Å². The minimum atomic E-state index is -0.323. The lowest BCUT2D eigenvalue weighted by Gasteiger charge is -2.07. The molecule has 6 nitrogen and oxygen atoms in total. The lowest BCUT2D eigenvalue weighted by Crippen LogP contribution is -2.20. The van der Waals surface area contributed by atoms with Gasteiger partial charge in [0.05, 0.1) is 18.0 Å². The Kier molecular flexibility index (Phi) is 5.65. The van der Waals surface area contributed by atoms with E-state index in [1.807, 2.05) is 38.1 Å². The highest BCUT2D eigenvalue weighted by molar-refractivity contribution is 6.03. The summed E-state index contributed by atoms with van der Waals surface area (Å²) in [6, 6.07) is 20.2. The molecular formula is C27H26N4O2. The van der Waals surface area contributed by atoms with Gasteiger partial charge in [0, 0.05) is 5.56 Å². The van der Waals surface area contributed by atoms with Crippen LogP contribution in [0.15, 0.2) is 65.8 Å². The normalized spacial score (nSPS) is 12.8. The summed E-state index contributed by atoms with van der Waals surface area (Å²) in [6.07, 6.45) is 2.84. The average Bonchev–Trinajstić information content (AvgIpc) is 3.50. The summed E-state index contributed by atoms with van der Waals surface area (Å²) in [5.74, 6) is 0.491. The summed E-state index contributed by atoms with van der Waals surface area (Å²) in [4.78, 5) is 12.8. The van der Waals surface area contributed by atoms with Crippen molar-refractivity contribution in [2.45, 2.75) is 33.1 Å². The van der Waals surface area contributed by atoms with Crippen LogP contribution in [-0.2, 0) is 12.8 Å².